The van der Waals surface area contributed by atoms with Crippen molar-refractivity contribution in [1.29, 1.82) is 0 Å². The molecule has 0 aromatic heterocycles. The average Bonchev–Trinajstić information content (AvgIpc) is 2.58. The molecule has 5 nitrogen and oxygen atoms in total. The fourth-order valence-corrected chi connectivity index (χ4v) is 2.64. The lowest BCUT2D eigenvalue weighted by atomic mass is 9.87. The second-order valence-electron chi connectivity index (χ2n) is 6.78. The van der Waals surface area contributed by atoms with Crippen LogP contribution >= 0.6 is 0 Å². The van der Waals surface area contributed by atoms with E-state index >= 15 is 0 Å². The summed E-state index contributed by atoms with van der Waals surface area (Å²) in [7, 11) is 0. The van der Waals surface area contributed by atoms with Crippen LogP contribution in [0.1, 0.15) is 53.4 Å². The molecule has 1 aliphatic heterocycles. The van der Waals surface area contributed by atoms with Crippen molar-refractivity contribution < 1.29 is 14.7 Å². The van der Waals surface area contributed by atoms with Gasteiger partial charge in [-0.1, -0.05) is 34.1 Å². The van der Waals surface area contributed by atoms with Crippen LogP contribution < -0.4 is 5.32 Å². The predicted octanol–water partition coefficient (Wildman–Crippen LogP) is 2.71. The van der Waals surface area contributed by atoms with Gasteiger partial charge in [-0.25, -0.2) is 9.59 Å². The van der Waals surface area contributed by atoms with Gasteiger partial charge < -0.3 is 15.3 Å². The summed E-state index contributed by atoms with van der Waals surface area (Å²) in [4.78, 5) is 25.3. The molecule has 0 aromatic rings. The number of aliphatic carboxylic acids is 1. The largest absolute Gasteiger partial charge is 0.480 e. The molecular formula is C15H28N2O3. The molecule has 0 saturated carbocycles. The van der Waals surface area contributed by atoms with Gasteiger partial charge in [0.2, 0.25) is 0 Å². The van der Waals surface area contributed by atoms with Crippen LogP contribution in [0, 0.1) is 11.3 Å². The molecule has 1 unspecified atom stereocenters. The maximum absolute atomic E-state index is 12.3. The minimum absolute atomic E-state index is 0.246. The third kappa shape index (κ3) is 4.69. The zero-order valence-electron chi connectivity index (χ0n) is 13.1. The van der Waals surface area contributed by atoms with E-state index in [4.69, 9.17) is 0 Å². The highest BCUT2D eigenvalue weighted by atomic mass is 16.4. The number of urea groups is 1. The van der Waals surface area contributed by atoms with E-state index in [1.54, 1.807) is 4.90 Å². The number of hydrogen-bond acceptors (Lipinski definition) is 2. The molecule has 1 heterocycles. The second kappa shape index (κ2) is 6.95. The number of carboxylic acids is 1. The Bertz CT molecular complexity index is 350. The van der Waals surface area contributed by atoms with Crippen LogP contribution in [0.5, 0.6) is 0 Å². The van der Waals surface area contributed by atoms with E-state index in [-0.39, 0.29) is 6.03 Å². The SMILES string of the molecule is CCC1CCCN(C(=O)N[C@@H](C(=O)O)C(C)(C)C)CC1. The number of nitrogens with zero attached hydrogens (tertiary/aromatic N) is 1. The smallest absolute Gasteiger partial charge is 0.326 e. The molecule has 0 aromatic carbocycles. The molecule has 20 heavy (non-hydrogen) atoms. The van der Waals surface area contributed by atoms with Crippen LogP contribution in [-0.2, 0) is 4.79 Å². The van der Waals surface area contributed by atoms with Crippen molar-refractivity contribution >= 4 is 12.0 Å². The van der Waals surface area contributed by atoms with Crippen molar-refractivity contribution in [2.75, 3.05) is 13.1 Å². The Hall–Kier alpha value is -1.26. The fourth-order valence-electron chi connectivity index (χ4n) is 2.64. The fraction of sp³-hybridized carbons (Fsp3) is 0.867. The van der Waals surface area contributed by atoms with Gasteiger partial charge in [-0.3, -0.25) is 0 Å². The topological polar surface area (TPSA) is 69.6 Å². The van der Waals surface area contributed by atoms with E-state index in [2.05, 4.69) is 12.2 Å². The summed E-state index contributed by atoms with van der Waals surface area (Å²) < 4.78 is 0. The van der Waals surface area contributed by atoms with Gasteiger partial charge in [0.25, 0.3) is 0 Å². The number of rotatable bonds is 3. The van der Waals surface area contributed by atoms with Gasteiger partial charge in [-0.05, 0) is 30.6 Å². The number of carbonyl (C=O) groups is 2. The molecular weight excluding hydrogens is 256 g/mol. The van der Waals surface area contributed by atoms with E-state index in [0.717, 1.165) is 38.8 Å². The van der Waals surface area contributed by atoms with Crippen LogP contribution in [0.3, 0.4) is 0 Å². The third-order valence-electron chi connectivity index (χ3n) is 4.09. The molecule has 116 valence electrons. The molecule has 1 rings (SSSR count). The monoisotopic (exact) mass is 284 g/mol. The lowest BCUT2D eigenvalue weighted by molar-refractivity contribution is -0.142. The lowest BCUT2D eigenvalue weighted by Gasteiger charge is -2.30. The van der Waals surface area contributed by atoms with Gasteiger partial charge in [0, 0.05) is 13.1 Å². The van der Waals surface area contributed by atoms with E-state index in [1.165, 1.54) is 0 Å². The first-order valence-corrected chi connectivity index (χ1v) is 7.54. The quantitative estimate of drug-likeness (QED) is 0.837. The number of amides is 2. The average molecular weight is 284 g/mol. The van der Waals surface area contributed by atoms with E-state index in [0.29, 0.717) is 5.92 Å². The summed E-state index contributed by atoms with van der Waals surface area (Å²) in [6.45, 7) is 9.09. The molecule has 1 saturated heterocycles. The first kappa shape index (κ1) is 16.8. The van der Waals surface area contributed by atoms with Gasteiger partial charge in [0.1, 0.15) is 6.04 Å². The second-order valence-corrected chi connectivity index (χ2v) is 6.78. The van der Waals surface area contributed by atoms with Gasteiger partial charge in [-0.15, -0.1) is 0 Å². The summed E-state index contributed by atoms with van der Waals surface area (Å²) in [6.07, 6.45) is 4.31. The first-order valence-electron chi connectivity index (χ1n) is 7.54. The van der Waals surface area contributed by atoms with Gasteiger partial charge in [-0.2, -0.15) is 0 Å². The van der Waals surface area contributed by atoms with Crippen molar-refractivity contribution in [3.63, 3.8) is 0 Å². The molecule has 2 atom stereocenters. The van der Waals surface area contributed by atoms with Crippen LogP contribution in [-0.4, -0.2) is 41.1 Å². The lowest BCUT2D eigenvalue weighted by Crippen LogP contribution is -2.53. The maximum atomic E-state index is 12.3. The summed E-state index contributed by atoms with van der Waals surface area (Å²) in [5.41, 5.74) is -0.501. The number of carbonyl (C=O) groups excluding carboxylic acids is 1. The highest BCUT2D eigenvalue weighted by molar-refractivity contribution is 5.83. The molecule has 2 N–H and O–H groups in total. The summed E-state index contributed by atoms with van der Waals surface area (Å²) >= 11 is 0. The van der Waals surface area contributed by atoms with Gasteiger partial charge in [0.05, 0.1) is 0 Å². The Balaban J connectivity index is 2.63. The Morgan fingerprint density at radius 3 is 2.45 bits per heavy atom. The molecule has 0 spiro atoms. The Morgan fingerprint density at radius 2 is 1.95 bits per heavy atom. The normalized spacial score (nSPS) is 22.0. The highest BCUT2D eigenvalue weighted by Crippen LogP contribution is 2.22. The van der Waals surface area contributed by atoms with Gasteiger partial charge in [0.15, 0.2) is 0 Å². The van der Waals surface area contributed by atoms with Crippen LogP contribution in [0.2, 0.25) is 0 Å². The van der Waals surface area contributed by atoms with Crippen LogP contribution in [0.25, 0.3) is 0 Å². The molecule has 2 amide bonds. The zero-order valence-corrected chi connectivity index (χ0v) is 13.1. The third-order valence-corrected chi connectivity index (χ3v) is 4.09. The molecule has 1 aliphatic rings. The van der Waals surface area contributed by atoms with Crippen LogP contribution in [0.15, 0.2) is 0 Å². The summed E-state index contributed by atoms with van der Waals surface area (Å²) in [6, 6.07) is -1.11. The van der Waals surface area contributed by atoms with Crippen molar-refractivity contribution in [1.82, 2.24) is 10.2 Å². The minimum atomic E-state index is -0.980. The first-order chi connectivity index (χ1) is 9.25. The highest BCUT2D eigenvalue weighted by Gasteiger charge is 2.34. The van der Waals surface area contributed by atoms with Crippen molar-refractivity contribution in [2.45, 2.75) is 59.4 Å². The zero-order chi connectivity index (χ0) is 15.3. The summed E-state index contributed by atoms with van der Waals surface area (Å²) in [5, 5.41) is 11.9. The van der Waals surface area contributed by atoms with Gasteiger partial charge >= 0.3 is 12.0 Å². The van der Waals surface area contributed by atoms with Crippen molar-refractivity contribution in [3.8, 4) is 0 Å². The molecule has 1 fully saturated rings. The Morgan fingerprint density at radius 1 is 1.30 bits per heavy atom. The summed E-state index contributed by atoms with van der Waals surface area (Å²) in [5.74, 6) is -0.294. The standard InChI is InChI=1S/C15H28N2O3/c1-5-11-7-6-9-17(10-8-11)14(20)16-12(13(18)19)15(2,3)4/h11-12H,5-10H2,1-4H3,(H,16,20)(H,18,19)/t11?,12-/m0/s1. The van der Waals surface area contributed by atoms with Crippen molar-refractivity contribution in [3.05, 3.63) is 0 Å². The van der Waals surface area contributed by atoms with E-state index in [9.17, 15) is 14.7 Å². The molecule has 0 bridgehead atoms. The molecule has 0 radical (unpaired) electrons. The number of hydrogen-bond donors (Lipinski definition) is 2. The predicted molar refractivity (Wildman–Crippen MR) is 78.6 cm³/mol. The molecule has 0 aliphatic carbocycles. The van der Waals surface area contributed by atoms with E-state index < -0.39 is 17.4 Å². The van der Waals surface area contributed by atoms with Crippen LogP contribution in [0.4, 0.5) is 4.79 Å². The molecule has 5 heteroatoms. The Kier molecular flexibility index (Phi) is 5.84. The number of carboxylic acid groups (broad SMARTS) is 1. The number of likely N-dealkylation sites (tertiary alicyclic amines) is 1. The van der Waals surface area contributed by atoms with E-state index in [1.807, 2.05) is 20.8 Å². The van der Waals surface area contributed by atoms with Crippen molar-refractivity contribution in [2.24, 2.45) is 11.3 Å². The maximum Gasteiger partial charge on any atom is 0.326 e. The minimum Gasteiger partial charge on any atom is -0.480 e. The Labute approximate surface area is 121 Å². The number of nitrogens with one attached hydrogen (secondary N) is 1.